The van der Waals surface area contributed by atoms with E-state index < -0.39 is 0 Å². The van der Waals surface area contributed by atoms with E-state index >= 15 is 0 Å². The zero-order valence-electron chi connectivity index (χ0n) is 18.3. The van der Waals surface area contributed by atoms with Crippen molar-refractivity contribution in [3.05, 3.63) is 59.9 Å². The number of aromatic nitrogens is 2. The molecule has 0 saturated carbocycles. The van der Waals surface area contributed by atoms with Gasteiger partial charge in [-0.25, -0.2) is 20.3 Å². The van der Waals surface area contributed by atoms with Crippen LogP contribution >= 0.6 is 0 Å². The third-order valence-corrected chi connectivity index (χ3v) is 5.45. The molecule has 31 heavy (non-hydrogen) atoms. The highest BCUT2D eigenvalue weighted by atomic mass is 16.7. The third kappa shape index (κ3) is 4.32. The molecule has 0 spiro atoms. The molecule has 2 aliphatic rings. The number of rotatable bonds is 3. The molecule has 7 nitrogen and oxygen atoms in total. The Bertz CT molecular complexity index is 1100. The van der Waals surface area contributed by atoms with Gasteiger partial charge in [0.25, 0.3) is 5.91 Å². The van der Waals surface area contributed by atoms with Crippen LogP contribution in [0, 0.1) is 0 Å². The van der Waals surface area contributed by atoms with Crippen LogP contribution in [0.1, 0.15) is 56.0 Å². The van der Waals surface area contributed by atoms with Gasteiger partial charge in [0.15, 0.2) is 12.1 Å². The van der Waals surface area contributed by atoms with Gasteiger partial charge in [-0.05, 0) is 50.5 Å². The number of amides is 1. The summed E-state index contributed by atoms with van der Waals surface area (Å²) in [4.78, 5) is 29.1. The molecule has 1 saturated heterocycles. The summed E-state index contributed by atoms with van der Waals surface area (Å²) < 4.78 is 2.02. The number of nitrogens with zero attached hydrogens (tertiary/aromatic N) is 4. The zero-order chi connectivity index (χ0) is 21.8. The van der Waals surface area contributed by atoms with Crippen molar-refractivity contribution in [3.63, 3.8) is 0 Å². The van der Waals surface area contributed by atoms with E-state index in [2.05, 4.69) is 15.5 Å². The van der Waals surface area contributed by atoms with E-state index in [1.54, 1.807) is 6.20 Å². The molecule has 0 aliphatic carbocycles. The Morgan fingerprint density at radius 2 is 1.94 bits per heavy atom. The molecule has 0 radical (unpaired) electrons. The fourth-order valence-corrected chi connectivity index (χ4v) is 3.94. The number of carbonyl (C=O) groups excluding carboxylic acids is 1. The average Bonchev–Trinajstić information content (AvgIpc) is 3.46. The van der Waals surface area contributed by atoms with Crippen molar-refractivity contribution >= 4 is 22.8 Å². The summed E-state index contributed by atoms with van der Waals surface area (Å²) in [6.45, 7) is 7.56. The minimum Gasteiger partial charge on any atom is -0.339 e. The topological polar surface area (TPSA) is 71.8 Å². The quantitative estimate of drug-likeness (QED) is 0.687. The molecule has 162 valence electrons. The van der Waals surface area contributed by atoms with Crippen molar-refractivity contribution in [3.8, 4) is 5.69 Å². The second-order valence-electron chi connectivity index (χ2n) is 7.52. The third-order valence-electron chi connectivity index (χ3n) is 5.45. The SMILES string of the molecule is CC.CC1N=C(c2cccc(-n3ccc4cc(C(=O)N5CCCCC5)cnc43)c2)NO1. The normalized spacial score (nSPS) is 18.2. The van der Waals surface area contributed by atoms with Crippen LogP contribution in [-0.4, -0.2) is 45.5 Å². The Morgan fingerprint density at radius 3 is 2.68 bits per heavy atom. The van der Waals surface area contributed by atoms with Gasteiger partial charge in [0.2, 0.25) is 0 Å². The molecule has 7 heteroatoms. The van der Waals surface area contributed by atoms with E-state index in [1.165, 1.54) is 6.42 Å². The van der Waals surface area contributed by atoms with Gasteiger partial charge >= 0.3 is 0 Å². The predicted octanol–water partition coefficient (Wildman–Crippen LogP) is 4.31. The number of aliphatic imine (C=N–C) groups is 1. The van der Waals surface area contributed by atoms with Gasteiger partial charge in [0, 0.05) is 42.1 Å². The highest BCUT2D eigenvalue weighted by Crippen LogP contribution is 2.22. The Kier molecular flexibility index (Phi) is 6.32. The van der Waals surface area contributed by atoms with Gasteiger partial charge in [-0.1, -0.05) is 26.0 Å². The molecule has 3 aromatic rings. The number of pyridine rings is 1. The lowest BCUT2D eigenvalue weighted by molar-refractivity contribution is 0.0504. The summed E-state index contributed by atoms with van der Waals surface area (Å²) in [5.74, 6) is 0.798. The Balaban J connectivity index is 0.00000112. The summed E-state index contributed by atoms with van der Waals surface area (Å²) in [7, 11) is 0. The van der Waals surface area contributed by atoms with Crippen molar-refractivity contribution < 1.29 is 9.63 Å². The van der Waals surface area contributed by atoms with Gasteiger partial charge in [-0.15, -0.1) is 0 Å². The molecule has 1 N–H and O–H groups in total. The molecular weight excluding hydrogens is 390 g/mol. The molecule has 4 heterocycles. The second-order valence-corrected chi connectivity index (χ2v) is 7.52. The smallest absolute Gasteiger partial charge is 0.255 e. The lowest BCUT2D eigenvalue weighted by Crippen LogP contribution is -2.35. The Hall–Kier alpha value is -3.19. The number of hydrogen-bond donors (Lipinski definition) is 1. The standard InChI is InChI=1S/C22H23N5O2.C2H6/c1-15-24-20(25-29-15)16-6-5-7-19(13-16)27-11-8-17-12-18(14-23-21(17)27)22(28)26-9-3-2-4-10-26;1-2/h5-8,11-15H,2-4,9-10H2,1H3,(H,24,25);1-2H3. The molecule has 2 aromatic heterocycles. The number of likely N-dealkylation sites (tertiary alicyclic amines) is 1. The largest absolute Gasteiger partial charge is 0.339 e. The molecule has 1 unspecified atom stereocenters. The van der Waals surface area contributed by atoms with Gasteiger partial charge < -0.3 is 9.47 Å². The molecule has 1 aromatic carbocycles. The van der Waals surface area contributed by atoms with Crippen LogP contribution in [0.3, 0.4) is 0 Å². The van der Waals surface area contributed by atoms with Crippen molar-refractivity contribution in [1.82, 2.24) is 19.9 Å². The maximum absolute atomic E-state index is 12.8. The van der Waals surface area contributed by atoms with Crippen LogP contribution in [0.25, 0.3) is 16.7 Å². The Labute approximate surface area is 182 Å². The van der Waals surface area contributed by atoms with E-state index in [4.69, 9.17) is 4.84 Å². The second kappa shape index (κ2) is 9.31. The summed E-state index contributed by atoms with van der Waals surface area (Å²) >= 11 is 0. The first-order valence-electron chi connectivity index (χ1n) is 11.1. The van der Waals surface area contributed by atoms with Crippen molar-refractivity contribution in [2.45, 2.75) is 46.3 Å². The summed E-state index contributed by atoms with van der Waals surface area (Å²) in [5.41, 5.74) is 6.27. The summed E-state index contributed by atoms with van der Waals surface area (Å²) in [6.07, 6.45) is 6.84. The van der Waals surface area contributed by atoms with Crippen LogP contribution in [-0.2, 0) is 4.84 Å². The van der Waals surface area contributed by atoms with Gasteiger partial charge in [-0.3, -0.25) is 4.79 Å². The summed E-state index contributed by atoms with van der Waals surface area (Å²) in [6, 6.07) is 12.0. The molecular formula is C24H29N5O2. The summed E-state index contributed by atoms with van der Waals surface area (Å²) in [5, 5.41) is 0.951. The van der Waals surface area contributed by atoms with Gasteiger partial charge in [0.05, 0.1) is 5.56 Å². The number of amidine groups is 1. The molecule has 2 aliphatic heterocycles. The number of benzene rings is 1. The maximum atomic E-state index is 12.8. The van der Waals surface area contributed by atoms with E-state index in [1.807, 2.05) is 72.8 Å². The predicted molar refractivity (Wildman–Crippen MR) is 122 cm³/mol. The number of hydroxylamine groups is 1. The van der Waals surface area contributed by atoms with Gasteiger partial charge in [0.1, 0.15) is 5.65 Å². The van der Waals surface area contributed by atoms with Crippen molar-refractivity contribution in [2.75, 3.05) is 13.1 Å². The van der Waals surface area contributed by atoms with Crippen molar-refractivity contribution in [1.29, 1.82) is 0 Å². The minimum atomic E-state index is -0.196. The number of nitrogens with one attached hydrogen (secondary N) is 1. The van der Waals surface area contributed by atoms with Crippen LogP contribution in [0.5, 0.6) is 0 Å². The highest BCUT2D eigenvalue weighted by Gasteiger charge is 2.20. The lowest BCUT2D eigenvalue weighted by atomic mass is 10.1. The number of piperidine rings is 1. The van der Waals surface area contributed by atoms with E-state index in [0.29, 0.717) is 5.56 Å². The van der Waals surface area contributed by atoms with Crippen LogP contribution in [0.2, 0.25) is 0 Å². The first-order chi connectivity index (χ1) is 15.2. The lowest BCUT2D eigenvalue weighted by Gasteiger charge is -2.26. The van der Waals surface area contributed by atoms with Crippen LogP contribution in [0.15, 0.2) is 53.8 Å². The van der Waals surface area contributed by atoms with Gasteiger partial charge in [-0.2, -0.15) is 0 Å². The van der Waals surface area contributed by atoms with Crippen LogP contribution < -0.4 is 5.48 Å². The first-order valence-corrected chi connectivity index (χ1v) is 11.1. The zero-order valence-corrected chi connectivity index (χ0v) is 18.3. The molecule has 1 amide bonds. The Morgan fingerprint density at radius 1 is 1.13 bits per heavy atom. The highest BCUT2D eigenvalue weighted by molar-refractivity contribution is 5.99. The van der Waals surface area contributed by atoms with Crippen LogP contribution in [0.4, 0.5) is 0 Å². The molecule has 5 rings (SSSR count). The van der Waals surface area contributed by atoms with E-state index in [-0.39, 0.29) is 12.1 Å². The molecule has 0 bridgehead atoms. The molecule has 1 atom stereocenters. The minimum absolute atomic E-state index is 0.0771. The fourth-order valence-electron chi connectivity index (χ4n) is 3.94. The fraction of sp³-hybridized carbons (Fsp3) is 0.375. The van der Waals surface area contributed by atoms with E-state index in [0.717, 1.165) is 54.1 Å². The number of carbonyl (C=O) groups is 1. The maximum Gasteiger partial charge on any atom is 0.255 e. The number of fused-ring (bicyclic) bond motifs is 1. The first kappa shape index (κ1) is 21.1. The van der Waals surface area contributed by atoms with Crippen molar-refractivity contribution in [2.24, 2.45) is 4.99 Å². The number of hydrogen-bond acceptors (Lipinski definition) is 5. The average molecular weight is 420 g/mol. The monoisotopic (exact) mass is 419 g/mol. The van der Waals surface area contributed by atoms with E-state index in [9.17, 15) is 4.79 Å². The molecule has 1 fully saturated rings.